The molecule has 1 aliphatic carbocycles. The number of non-ortho nitro benzene ring substituents is 1. The van der Waals surface area contributed by atoms with Gasteiger partial charge in [-0.25, -0.2) is 0 Å². The fraction of sp³-hybridized carbons (Fsp3) is 0.500. The highest BCUT2D eigenvalue weighted by atomic mass is 16.6. The van der Waals surface area contributed by atoms with Gasteiger partial charge < -0.3 is 0 Å². The van der Waals surface area contributed by atoms with Crippen molar-refractivity contribution in [3.63, 3.8) is 0 Å². The molecule has 30 heavy (non-hydrogen) atoms. The van der Waals surface area contributed by atoms with Gasteiger partial charge in [0.25, 0.3) is 5.69 Å². The number of rotatable bonds is 5. The maximum Gasteiger partial charge on any atom is 0.300 e. The number of hydrazine groups is 1. The predicted molar refractivity (Wildman–Crippen MR) is 103 cm³/mol. The number of benzene rings is 1. The molecule has 12 heteroatoms. The van der Waals surface area contributed by atoms with Crippen molar-refractivity contribution in [3.05, 3.63) is 38.4 Å². The molecule has 0 aromatic heterocycles. The van der Waals surface area contributed by atoms with Gasteiger partial charge in [-0.2, -0.15) is 0 Å². The number of nitro benzene ring substituents is 2. The maximum absolute atomic E-state index is 13.0. The van der Waals surface area contributed by atoms with E-state index in [1.54, 1.807) is 20.8 Å². The third-order valence-electron chi connectivity index (χ3n) is 5.91. The van der Waals surface area contributed by atoms with Crippen LogP contribution in [0.4, 0.5) is 17.1 Å². The third-order valence-corrected chi connectivity index (χ3v) is 5.91. The van der Waals surface area contributed by atoms with Gasteiger partial charge in [0.15, 0.2) is 0 Å². The molecule has 2 atom stereocenters. The highest BCUT2D eigenvalue weighted by molar-refractivity contribution is 6.04. The van der Waals surface area contributed by atoms with Gasteiger partial charge in [0.1, 0.15) is 5.69 Å². The van der Waals surface area contributed by atoms with E-state index in [0.717, 1.165) is 18.2 Å². The Kier molecular flexibility index (Phi) is 4.76. The molecule has 1 heterocycles. The second-order valence-corrected chi connectivity index (χ2v) is 8.79. The Morgan fingerprint density at radius 2 is 1.57 bits per heavy atom. The van der Waals surface area contributed by atoms with Crippen molar-refractivity contribution in [2.24, 2.45) is 16.2 Å². The summed E-state index contributed by atoms with van der Waals surface area (Å²) in [4.78, 5) is 58.2. The number of nitrogens with zero attached hydrogens (tertiary/aromatic N) is 2. The average molecular weight is 419 g/mol. The number of hydrogen-bond donors (Lipinski definition) is 3. The second kappa shape index (κ2) is 6.75. The van der Waals surface area contributed by atoms with Gasteiger partial charge in [-0.05, 0) is 25.3 Å². The van der Waals surface area contributed by atoms with Crippen LogP contribution in [0.1, 0.15) is 40.0 Å². The first-order valence-corrected chi connectivity index (χ1v) is 9.15. The van der Waals surface area contributed by atoms with Gasteiger partial charge >= 0.3 is 5.69 Å². The number of piperidine rings is 1. The molecular formula is C18H21N5O7. The minimum Gasteiger partial charge on any atom is -0.296 e. The van der Waals surface area contributed by atoms with Crippen molar-refractivity contribution in [1.29, 1.82) is 0 Å². The summed E-state index contributed by atoms with van der Waals surface area (Å²) in [5.41, 5.74) is 0.751. The van der Waals surface area contributed by atoms with Crippen LogP contribution in [0.15, 0.2) is 18.2 Å². The van der Waals surface area contributed by atoms with Gasteiger partial charge in [0, 0.05) is 16.9 Å². The Labute approximate surface area is 170 Å². The average Bonchev–Trinajstić information content (AvgIpc) is 2.63. The van der Waals surface area contributed by atoms with Crippen LogP contribution in [0, 0.1) is 36.5 Å². The summed E-state index contributed by atoms with van der Waals surface area (Å²) in [6.07, 6.45) is 0.698. The third kappa shape index (κ3) is 3.44. The van der Waals surface area contributed by atoms with Crippen molar-refractivity contribution in [1.82, 2.24) is 10.7 Å². The van der Waals surface area contributed by atoms with E-state index < -0.39 is 55.2 Å². The maximum atomic E-state index is 13.0. The normalized spacial score (nSPS) is 30.2. The van der Waals surface area contributed by atoms with E-state index >= 15 is 0 Å². The summed E-state index contributed by atoms with van der Waals surface area (Å²) < 4.78 is 0. The van der Waals surface area contributed by atoms with Crippen LogP contribution in [-0.4, -0.2) is 27.6 Å². The molecule has 3 N–H and O–H groups in total. The molecule has 2 fully saturated rings. The lowest BCUT2D eigenvalue weighted by Gasteiger charge is -2.53. The van der Waals surface area contributed by atoms with Crippen molar-refractivity contribution >= 4 is 34.8 Å². The molecule has 1 saturated carbocycles. The molecule has 3 rings (SSSR count). The van der Waals surface area contributed by atoms with Crippen LogP contribution in [0.2, 0.25) is 0 Å². The number of fused-ring (bicyclic) bond motifs is 2. The van der Waals surface area contributed by atoms with E-state index in [1.807, 2.05) is 0 Å². The van der Waals surface area contributed by atoms with Crippen LogP contribution in [0.5, 0.6) is 0 Å². The quantitative estimate of drug-likeness (QED) is 0.368. The first kappa shape index (κ1) is 21.1. The van der Waals surface area contributed by atoms with Crippen molar-refractivity contribution < 1.29 is 24.2 Å². The number of nitrogens with one attached hydrogen (secondary N) is 3. The summed E-state index contributed by atoms with van der Waals surface area (Å²) >= 11 is 0. The molecule has 1 aliphatic heterocycles. The van der Waals surface area contributed by atoms with Gasteiger partial charge in [-0.3, -0.25) is 50.8 Å². The zero-order valence-corrected chi connectivity index (χ0v) is 16.6. The Bertz CT molecular complexity index is 965. The molecule has 1 aromatic carbocycles. The van der Waals surface area contributed by atoms with E-state index in [2.05, 4.69) is 16.2 Å². The zero-order valence-electron chi connectivity index (χ0n) is 16.6. The lowest BCUT2D eigenvalue weighted by atomic mass is 9.52. The van der Waals surface area contributed by atoms with E-state index in [1.165, 1.54) is 0 Å². The van der Waals surface area contributed by atoms with E-state index in [9.17, 15) is 34.6 Å². The van der Waals surface area contributed by atoms with Gasteiger partial charge in [-0.15, -0.1) is 0 Å². The summed E-state index contributed by atoms with van der Waals surface area (Å²) in [6, 6.07) is 2.97. The number of nitro groups is 2. The molecule has 2 unspecified atom stereocenters. The van der Waals surface area contributed by atoms with E-state index in [-0.39, 0.29) is 18.5 Å². The highest BCUT2D eigenvalue weighted by Gasteiger charge is 2.60. The number of carbonyl (C=O) groups is 3. The second-order valence-electron chi connectivity index (χ2n) is 8.79. The van der Waals surface area contributed by atoms with Crippen LogP contribution < -0.4 is 16.2 Å². The number of carbonyl (C=O) groups excluding carboxylic acids is 3. The summed E-state index contributed by atoms with van der Waals surface area (Å²) in [6.45, 7) is 5.04. The molecule has 0 spiro atoms. The Morgan fingerprint density at radius 1 is 1.00 bits per heavy atom. The van der Waals surface area contributed by atoms with Crippen molar-refractivity contribution in [2.45, 2.75) is 40.0 Å². The summed E-state index contributed by atoms with van der Waals surface area (Å²) in [5.74, 6) is -1.40. The Morgan fingerprint density at radius 3 is 2.07 bits per heavy atom. The lowest BCUT2D eigenvalue weighted by Crippen LogP contribution is -2.63. The van der Waals surface area contributed by atoms with Gasteiger partial charge in [-0.1, -0.05) is 20.8 Å². The minimum atomic E-state index is -1.10. The number of hydrogen-bond acceptors (Lipinski definition) is 8. The zero-order chi connectivity index (χ0) is 22.5. The minimum absolute atomic E-state index is 0.134. The Hall–Kier alpha value is -3.57. The van der Waals surface area contributed by atoms with E-state index in [4.69, 9.17) is 0 Å². The first-order valence-electron chi connectivity index (χ1n) is 9.15. The Balaban J connectivity index is 1.83. The molecule has 2 aliphatic rings. The first-order chi connectivity index (χ1) is 13.8. The molecule has 12 nitrogen and oxygen atoms in total. The van der Waals surface area contributed by atoms with Crippen LogP contribution in [0.3, 0.4) is 0 Å². The van der Waals surface area contributed by atoms with Gasteiger partial charge in [0.2, 0.25) is 17.7 Å². The van der Waals surface area contributed by atoms with Crippen LogP contribution >= 0.6 is 0 Å². The summed E-state index contributed by atoms with van der Waals surface area (Å²) in [7, 11) is 0. The van der Waals surface area contributed by atoms with Crippen LogP contribution in [0.25, 0.3) is 0 Å². The van der Waals surface area contributed by atoms with Crippen molar-refractivity contribution in [2.75, 3.05) is 5.43 Å². The molecule has 1 saturated heterocycles. The molecule has 2 bridgehead atoms. The molecule has 1 aromatic rings. The monoisotopic (exact) mass is 419 g/mol. The number of imide groups is 1. The van der Waals surface area contributed by atoms with Crippen LogP contribution in [-0.2, 0) is 14.4 Å². The molecular weight excluding hydrogens is 398 g/mol. The lowest BCUT2D eigenvalue weighted by molar-refractivity contribution is -0.393. The number of anilines is 1. The topological polar surface area (TPSA) is 174 Å². The summed E-state index contributed by atoms with van der Waals surface area (Å²) in [5, 5.41) is 24.5. The predicted octanol–water partition coefficient (Wildman–Crippen LogP) is 1.81. The van der Waals surface area contributed by atoms with E-state index in [0.29, 0.717) is 6.42 Å². The standard InChI is InChI=1S/C18H21N5O7/c1-16-7-17(2,14(25)19-13(16)24)9-18(3,8-16)15(26)21-20-11-5-4-10(22(27)28)6-12(11)23(29)30/h4-6,20H,7-9H2,1-3H3,(H,21,26)(H,19,24,25). The SMILES string of the molecule is CC1(C(=O)NNc2ccc([N+](=O)[O-])cc2[N+](=O)[O-])CC2(C)CC(C)(C1)C(=O)NC2=O. The highest BCUT2D eigenvalue weighted by Crippen LogP contribution is 2.56. The smallest absolute Gasteiger partial charge is 0.296 e. The molecule has 0 radical (unpaired) electrons. The van der Waals surface area contributed by atoms with Gasteiger partial charge in [0.05, 0.1) is 21.3 Å². The van der Waals surface area contributed by atoms with Crippen molar-refractivity contribution in [3.8, 4) is 0 Å². The largest absolute Gasteiger partial charge is 0.300 e. The fourth-order valence-electron chi connectivity index (χ4n) is 4.82. The number of amides is 3. The molecule has 3 amide bonds. The molecule has 160 valence electrons. The fourth-order valence-corrected chi connectivity index (χ4v) is 4.82.